The average Bonchev–Trinajstić information content (AvgIpc) is 2.27. The molecule has 0 spiro atoms. The number of nitrogen functional groups attached to an aromatic ring is 1. The molecule has 5 N–H and O–H groups in total. The zero-order chi connectivity index (χ0) is 11.3. The van der Waals surface area contributed by atoms with Crippen LogP contribution in [0.5, 0.6) is 0 Å². The molecule has 0 aromatic carbocycles. The van der Waals surface area contributed by atoms with E-state index in [1.807, 2.05) is 6.92 Å². The number of amides is 1. The summed E-state index contributed by atoms with van der Waals surface area (Å²) in [5.41, 5.74) is 8.25. The zero-order valence-corrected chi connectivity index (χ0v) is 9.25. The number of hydrazine groups is 1. The molecule has 0 aliphatic heterocycles. The van der Waals surface area contributed by atoms with Gasteiger partial charge in [0.15, 0.2) is 0 Å². The smallest absolute Gasteiger partial charge is 0.247 e. The molecule has 1 amide bonds. The van der Waals surface area contributed by atoms with Gasteiger partial charge in [-0.2, -0.15) is 0 Å². The van der Waals surface area contributed by atoms with Crippen LogP contribution in [-0.2, 0) is 4.79 Å². The Morgan fingerprint density at radius 2 is 2.40 bits per heavy atom. The molecule has 0 fully saturated rings. The number of thioether (sulfide) groups is 1. The summed E-state index contributed by atoms with van der Waals surface area (Å²) in [5, 5.41) is 0.547. The normalized spacial score (nSPS) is 12.1. The predicted octanol–water partition coefficient (Wildman–Crippen LogP) is 0.524. The summed E-state index contributed by atoms with van der Waals surface area (Å²) >= 11 is 1.37. The van der Waals surface area contributed by atoms with E-state index in [0.717, 1.165) is 5.03 Å². The van der Waals surface area contributed by atoms with Crippen molar-refractivity contribution >= 4 is 23.4 Å². The first-order valence-corrected chi connectivity index (χ1v) is 5.44. The van der Waals surface area contributed by atoms with E-state index in [0.29, 0.717) is 12.1 Å². The van der Waals surface area contributed by atoms with Crippen LogP contribution >= 0.6 is 11.8 Å². The third-order valence-electron chi connectivity index (χ3n) is 1.83. The summed E-state index contributed by atoms with van der Waals surface area (Å²) in [5.74, 6) is 4.88. The van der Waals surface area contributed by atoms with E-state index >= 15 is 0 Å². The summed E-state index contributed by atoms with van der Waals surface area (Å²) in [6.07, 6.45) is 2.26. The Hall–Kier alpha value is -1.27. The van der Waals surface area contributed by atoms with Gasteiger partial charge >= 0.3 is 0 Å². The summed E-state index contributed by atoms with van der Waals surface area (Å²) < 4.78 is 0. The molecule has 15 heavy (non-hydrogen) atoms. The van der Waals surface area contributed by atoms with Crippen LogP contribution in [-0.4, -0.2) is 16.1 Å². The SMILES string of the molecule is CCC(Sc1ccc(N)cn1)C(=O)NN. The number of aromatic nitrogens is 1. The number of nitrogens with two attached hydrogens (primary N) is 2. The first-order chi connectivity index (χ1) is 7.17. The Morgan fingerprint density at radius 3 is 2.87 bits per heavy atom. The fourth-order valence-electron chi connectivity index (χ4n) is 1.02. The molecule has 1 atom stereocenters. The van der Waals surface area contributed by atoms with Crippen LogP contribution in [0, 0.1) is 0 Å². The zero-order valence-electron chi connectivity index (χ0n) is 8.43. The van der Waals surface area contributed by atoms with Crippen LogP contribution in [0.3, 0.4) is 0 Å². The van der Waals surface area contributed by atoms with E-state index in [2.05, 4.69) is 10.4 Å². The van der Waals surface area contributed by atoms with Crippen LogP contribution < -0.4 is 17.0 Å². The van der Waals surface area contributed by atoms with Gasteiger partial charge in [-0.25, -0.2) is 10.8 Å². The quantitative estimate of drug-likeness (QED) is 0.301. The topological polar surface area (TPSA) is 94.0 Å². The third-order valence-corrected chi connectivity index (χ3v) is 3.14. The highest BCUT2D eigenvalue weighted by atomic mass is 32.2. The van der Waals surface area contributed by atoms with Gasteiger partial charge in [0.25, 0.3) is 0 Å². The van der Waals surface area contributed by atoms with Crippen molar-refractivity contribution in [3.8, 4) is 0 Å². The highest BCUT2D eigenvalue weighted by Crippen LogP contribution is 2.23. The van der Waals surface area contributed by atoms with Gasteiger partial charge in [0, 0.05) is 0 Å². The Labute approximate surface area is 92.6 Å². The van der Waals surface area contributed by atoms with Crippen LogP contribution in [0.4, 0.5) is 5.69 Å². The van der Waals surface area contributed by atoms with Crippen molar-refractivity contribution in [3.05, 3.63) is 18.3 Å². The highest BCUT2D eigenvalue weighted by Gasteiger charge is 2.16. The largest absolute Gasteiger partial charge is 0.397 e. The van der Waals surface area contributed by atoms with Crippen LogP contribution in [0.1, 0.15) is 13.3 Å². The number of nitrogens with zero attached hydrogens (tertiary/aromatic N) is 1. The number of hydrogen-bond acceptors (Lipinski definition) is 5. The fourth-order valence-corrected chi connectivity index (χ4v) is 1.92. The molecule has 5 nitrogen and oxygen atoms in total. The van der Waals surface area contributed by atoms with Gasteiger partial charge in [-0.1, -0.05) is 18.7 Å². The number of hydrogen-bond donors (Lipinski definition) is 3. The molecule has 1 unspecified atom stereocenters. The summed E-state index contributed by atoms with van der Waals surface area (Å²) in [6.45, 7) is 1.92. The second-order valence-corrected chi connectivity index (χ2v) is 4.18. The molecule has 0 bridgehead atoms. The van der Waals surface area contributed by atoms with Gasteiger partial charge in [-0.3, -0.25) is 10.2 Å². The van der Waals surface area contributed by atoms with Crippen molar-refractivity contribution in [1.82, 2.24) is 10.4 Å². The van der Waals surface area contributed by atoms with E-state index < -0.39 is 0 Å². The summed E-state index contributed by atoms with van der Waals surface area (Å²) in [6, 6.07) is 3.54. The number of carbonyl (C=O) groups is 1. The maximum absolute atomic E-state index is 11.3. The molecule has 6 heteroatoms. The minimum Gasteiger partial charge on any atom is -0.397 e. The van der Waals surface area contributed by atoms with Crippen molar-refractivity contribution in [2.75, 3.05) is 5.73 Å². The van der Waals surface area contributed by atoms with Crippen molar-refractivity contribution in [2.24, 2.45) is 5.84 Å². The Bertz CT molecular complexity index is 327. The molecule has 1 aromatic heterocycles. The second kappa shape index (κ2) is 5.57. The number of pyridine rings is 1. The summed E-state index contributed by atoms with van der Waals surface area (Å²) in [7, 11) is 0. The molecular formula is C9H14N4OS. The van der Waals surface area contributed by atoms with Gasteiger partial charge in [-0.05, 0) is 18.6 Å². The van der Waals surface area contributed by atoms with E-state index in [1.165, 1.54) is 11.8 Å². The first kappa shape index (κ1) is 11.8. The Balaban J connectivity index is 2.66. The van der Waals surface area contributed by atoms with E-state index in [-0.39, 0.29) is 11.2 Å². The van der Waals surface area contributed by atoms with Gasteiger partial charge < -0.3 is 5.73 Å². The maximum atomic E-state index is 11.3. The van der Waals surface area contributed by atoms with Crippen molar-refractivity contribution < 1.29 is 4.79 Å². The maximum Gasteiger partial charge on any atom is 0.247 e. The predicted molar refractivity (Wildman–Crippen MR) is 60.9 cm³/mol. The van der Waals surface area contributed by atoms with E-state index in [4.69, 9.17) is 11.6 Å². The molecule has 0 aliphatic carbocycles. The van der Waals surface area contributed by atoms with Crippen molar-refractivity contribution in [1.29, 1.82) is 0 Å². The minimum atomic E-state index is -0.217. The Morgan fingerprint density at radius 1 is 1.67 bits per heavy atom. The lowest BCUT2D eigenvalue weighted by Crippen LogP contribution is -2.37. The monoisotopic (exact) mass is 226 g/mol. The lowest BCUT2D eigenvalue weighted by atomic mass is 10.3. The fraction of sp³-hybridized carbons (Fsp3) is 0.333. The molecule has 1 aromatic rings. The molecule has 82 valence electrons. The lowest BCUT2D eigenvalue weighted by molar-refractivity contribution is -0.120. The number of rotatable bonds is 4. The molecule has 0 saturated heterocycles. The van der Waals surface area contributed by atoms with Gasteiger partial charge in [0.2, 0.25) is 5.91 Å². The minimum absolute atomic E-state index is 0.193. The van der Waals surface area contributed by atoms with Crippen molar-refractivity contribution in [3.63, 3.8) is 0 Å². The van der Waals surface area contributed by atoms with Gasteiger partial charge in [0.1, 0.15) is 0 Å². The lowest BCUT2D eigenvalue weighted by Gasteiger charge is -2.11. The third kappa shape index (κ3) is 3.41. The number of nitrogens with one attached hydrogen (secondary N) is 1. The van der Waals surface area contributed by atoms with E-state index in [9.17, 15) is 4.79 Å². The van der Waals surface area contributed by atoms with Crippen molar-refractivity contribution in [2.45, 2.75) is 23.6 Å². The molecule has 0 saturated carbocycles. The Kier molecular flexibility index (Phi) is 4.38. The number of anilines is 1. The van der Waals surface area contributed by atoms with Crippen LogP contribution in [0.25, 0.3) is 0 Å². The molecule has 0 aliphatic rings. The second-order valence-electron chi connectivity index (χ2n) is 2.95. The molecule has 1 heterocycles. The molecule has 1 rings (SSSR count). The van der Waals surface area contributed by atoms with Crippen LogP contribution in [0.15, 0.2) is 23.4 Å². The first-order valence-electron chi connectivity index (χ1n) is 4.56. The molecular weight excluding hydrogens is 212 g/mol. The number of carbonyl (C=O) groups excluding carboxylic acids is 1. The average molecular weight is 226 g/mol. The van der Waals surface area contributed by atoms with Gasteiger partial charge in [-0.15, -0.1) is 0 Å². The highest BCUT2D eigenvalue weighted by molar-refractivity contribution is 8.00. The van der Waals surface area contributed by atoms with Crippen LogP contribution in [0.2, 0.25) is 0 Å². The van der Waals surface area contributed by atoms with E-state index in [1.54, 1.807) is 18.3 Å². The standard InChI is InChI=1S/C9H14N4OS/c1-2-7(9(14)13-11)15-8-4-3-6(10)5-12-8/h3-5,7H,2,10-11H2,1H3,(H,13,14). The van der Waals surface area contributed by atoms with Gasteiger partial charge in [0.05, 0.1) is 22.2 Å². The molecule has 0 radical (unpaired) electrons. The summed E-state index contributed by atoms with van der Waals surface area (Å²) in [4.78, 5) is 15.4.